The molecule has 1 rings (SSSR count). The van der Waals surface area contributed by atoms with Crippen molar-refractivity contribution < 1.29 is 13.5 Å². The monoisotopic (exact) mass is 355 g/mol. The Kier molecular flexibility index (Phi) is 5.61. The second kappa shape index (κ2) is 6.34. The molecule has 18 heavy (non-hydrogen) atoms. The summed E-state index contributed by atoms with van der Waals surface area (Å²) in [4.78, 5) is 0.0699. The minimum Gasteiger partial charge on any atom is -0.393 e. The smallest absolute Gasteiger partial charge is 0.244 e. The molecule has 0 fully saturated rings. The van der Waals surface area contributed by atoms with Crippen molar-refractivity contribution in [3.63, 3.8) is 0 Å². The first-order valence-electron chi connectivity index (χ1n) is 5.34. The van der Waals surface area contributed by atoms with E-state index in [4.69, 9.17) is 11.6 Å². The molecule has 1 N–H and O–H groups in total. The molecular formula is C11H15BrClNO3S. The fourth-order valence-corrected chi connectivity index (χ4v) is 3.53. The lowest BCUT2D eigenvalue weighted by Crippen LogP contribution is -2.29. The van der Waals surface area contributed by atoms with E-state index in [2.05, 4.69) is 15.9 Å². The Hall–Kier alpha value is -0.140. The lowest BCUT2D eigenvalue weighted by atomic mass is 10.3. The van der Waals surface area contributed by atoms with Gasteiger partial charge in [-0.25, -0.2) is 12.7 Å². The Bertz CT molecular complexity index is 519. The summed E-state index contributed by atoms with van der Waals surface area (Å²) < 4.78 is 26.4. The van der Waals surface area contributed by atoms with Crippen molar-refractivity contribution in [1.29, 1.82) is 0 Å². The molecule has 0 aliphatic rings. The molecule has 0 radical (unpaired) electrons. The van der Waals surface area contributed by atoms with Gasteiger partial charge in [0, 0.05) is 18.1 Å². The van der Waals surface area contributed by atoms with Crippen LogP contribution in [0.3, 0.4) is 0 Å². The van der Waals surface area contributed by atoms with Crippen molar-refractivity contribution >= 4 is 37.6 Å². The summed E-state index contributed by atoms with van der Waals surface area (Å²) in [6.45, 7) is 1.86. The average Bonchev–Trinajstić information content (AvgIpc) is 2.24. The Morgan fingerprint density at radius 2 is 2.11 bits per heavy atom. The standard InChI is InChI=1S/C11H15BrClNO3S/c1-8(15)5-6-14(2)18(16,17)11-4-3-9(12)7-10(11)13/h3-4,7-8,15H,5-6H2,1-2H3. The van der Waals surface area contributed by atoms with Crippen LogP contribution in [-0.4, -0.2) is 37.5 Å². The third-order valence-corrected chi connectivity index (χ3v) is 5.28. The number of nitrogens with zero attached hydrogens (tertiary/aromatic N) is 1. The maximum absolute atomic E-state index is 12.2. The molecule has 0 saturated carbocycles. The molecule has 0 heterocycles. The molecule has 0 amide bonds. The molecule has 1 aromatic rings. The van der Waals surface area contributed by atoms with Crippen LogP contribution in [-0.2, 0) is 10.0 Å². The summed E-state index contributed by atoms with van der Waals surface area (Å²) in [5, 5.41) is 9.35. The van der Waals surface area contributed by atoms with Gasteiger partial charge in [-0.2, -0.15) is 0 Å². The van der Waals surface area contributed by atoms with E-state index in [-0.39, 0.29) is 16.5 Å². The zero-order valence-corrected chi connectivity index (χ0v) is 13.3. The van der Waals surface area contributed by atoms with E-state index in [9.17, 15) is 13.5 Å². The van der Waals surface area contributed by atoms with Crippen LogP contribution in [0.2, 0.25) is 5.02 Å². The minimum atomic E-state index is -3.61. The van der Waals surface area contributed by atoms with Crippen LogP contribution in [0.1, 0.15) is 13.3 Å². The molecule has 102 valence electrons. The van der Waals surface area contributed by atoms with Crippen LogP contribution in [0.15, 0.2) is 27.6 Å². The summed E-state index contributed by atoms with van der Waals surface area (Å²) in [5.41, 5.74) is 0. The number of sulfonamides is 1. The maximum Gasteiger partial charge on any atom is 0.244 e. The Balaban J connectivity index is 2.98. The molecule has 0 aliphatic heterocycles. The quantitative estimate of drug-likeness (QED) is 0.882. The van der Waals surface area contributed by atoms with Crippen molar-refractivity contribution in [2.75, 3.05) is 13.6 Å². The predicted octanol–water partition coefficient (Wildman–Crippen LogP) is 2.49. The van der Waals surface area contributed by atoms with Gasteiger partial charge in [-0.3, -0.25) is 0 Å². The van der Waals surface area contributed by atoms with Gasteiger partial charge in [0.2, 0.25) is 10.0 Å². The van der Waals surface area contributed by atoms with Gasteiger partial charge >= 0.3 is 0 Å². The molecule has 0 spiro atoms. The van der Waals surface area contributed by atoms with Gasteiger partial charge in [0.25, 0.3) is 0 Å². The number of hydrogen-bond donors (Lipinski definition) is 1. The third kappa shape index (κ3) is 3.93. The van der Waals surface area contributed by atoms with Gasteiger partial charge in [-0.15, -0.1) is 0 Å². The van der Waals surface area contributed by atoms with Crippen molar-refractivity contribution in [2.24, 2.45) is 0 Å². The Morgan fingerprint density at radius 3 is 2.61 bits per heavy atom. The molecule has 1 aromatic carbocycles. The fourth-order valence-electron chi connectivity index (χ4n) is 1.34. The second-order valence-corrected chi connectivity index (χ2v) is 7.38. The third-order valence-electron chi connectivity index (χ3n) is 2.44. The summed E-state index contributed by atoms with van der Waals surface area (Å²) in [5.74, 6) is 0. The first-order valence-corrected chi connectivity index (χ1v) is 7.95. The van der Waals surface area contributed by atoms with E-state index in [0.29, 0.717) is 6.42 Å². The highest BCUT2D eigenvalue weighted by Crippen LogP contribution is 2.27. The molecule has 0 aromatic heterocycles. The zero-order chi connectivity index (χ0) is 13.9. The van der Waals surface area contributed by atoms with Gasteiger partial charge in [0.05, 0.1) is 11.1 Å². The first kappa shape index (κ1) is 15.9. The number of aliphatic hydroxyl groups excluding tert-OH is 1. The van der Waals surface area contributed by atoms with E-state index >= 15 is 0 Å². The molecule has 1 unspecified atom stereocenters. The highest BCUT2D eigenvalue weighted by atomic mass is 79.9. The van der Waals surface area contributed by atoms with Crippen molar-refractivity contribution in [1.82, 2.24) is 4.31 Å². The van der Waals surface area contributed by atoms with Crippen molar-refractivity contribution in [3.8, 4) is 0 Å². The van der Waals surface area contributed by atoms with Crippen LogP contribution >= 0.6 is 27.5 Å². The minimum absolute atomic E-state index is 0.0699. The van der Waals surface area contributed by atoms with E-state index in [1.165, 1.54) is 23.5 Å². The number of benzene rings is 1. The molecule has 0 saturated heterocycles. The number of rotatable bonds is 5. The van der Waals surface area contributed by atoms with Crippen LogP contribution in [0, 0.1) is 0 Å². The maximum atomic E-state index is 12.2. The van der Waals surface area contributed by atoms with Crippen LogP contribution in [0.4, 0.5) is 0 Å². The number of halogens is 2. The molecule has 4 nitrogen and oxygen atoms in total. The molecule has 7 heteroatoms. The molecular weight excluding hydrogens is 342 g/mol. The van der Waals surface area contributed by atoms with E-state index in [0.717, 1.165) is 4.47 Å². The van der Waals surface area contributed by atoms with Gasteiger partial charge in [0.1, 0.15) is 4.90 Å². The second-order valence-electron chi connectivity index (χ2n) is 4.04. The summed E-state index contributed by atoms with van der Waals surface area (Å²) >= 11 is 9.16. The number of hydrogen-bond acceptors (Lipinski definition) is 3. The normalized spacial score (nSPS) is 13.9. The van der Waals surface area contributed by atoms with E-state index in [1.807, 2.05) is 0 Å². The van der Waals surface area contributed by atoms with E-state index in [1.54, 1.807) is 13.0 Å². The lowest BCUT2D eigenvalue weighted by molar-refractivity contribution is 0.177. The van der Waals surface area contributed by atoms with Crippen molar-refractivity contribution in [2.45, 2.75) is 24.3 Å². The van der Waals surface area contributed by atoms with Gasteiger partial charge in [0.15, 0.2) is 0 Å². The SMILES string of the molecule is CC(O)CCN(C)S(=O)(=O)c1ccc(Br)cc1Cl. The van der Waals surface area contributed by atoms with Crippen LogP contribution in [0.5, 0.6) is 0 Å². The topological polar surface area (TPSA) is 57.6 Å². The van der Waals surface area contributed by atoms with Crippen molar-refractivity contribution in [3.05, 3.63) is 27.7 Å². The summed E-state index contributed by atoms with van der Waals surface area (Å²) in [6.07, 6.45) is -0.160. The van der Waals surface area contributed by atoms with E-state index < -0.39 is 16.1 Å². The summed E-state index contributed by atoms with van der Waals surface area (Å²) in [7, 11) is -2.14. The van der Waals surface area contributed by atoms with Crippen LogP contribution < -0.4 is 0 Å². The lowest BCUT2D eigenvalue weighted by Gasteiger charge is -2.18. The first-order chi connectivity index (χ1) is 8.25. The summed E-state index contributed by atoms with van der Waals surface area (Å²) in [6, 6.07) is 4.62. The highest BCUT2D eigenvalue weighted by Gasteiger charge is 2.23. The van der Waals surface area contributed by atoms with Gasteiger partial charge < -0.3 is 5.11 Å². The fraction of sp³-hybridized carbons (Fsp3) is 0.455. The molecule has 0 aliphatic carbocycles. The van der Waals surface area contributed by atoms with Gasteiger partial charge in [-0.05, 0) is 31.5 Å². The Morgan fingerprint density at radius 1 is 1.50 bits per heavy atom. The van der Waals surface area contributed by atoms with Crippen LogP contribution in [0.25, 0.3) is 0 Å². The average molecular weight is 357 g/mol. The highest BCUT2D eigenvalue weighted by molar-refractivity contribution is 9.10. The number of aliphatic hydroxyl groups is 1. The largest absolute Gasteiger partial charge is 0.393 e. The predicted molar refractivity (Wildman–Crippen MR) is 75.3 cm³/mol. The molecule has 0 bridgehead atoms. The Labute approximate surface area is 121 Å². The molecule has 1 atom stereocenters. The van der Waals surface area contributed by atoms with Gasteiger partial charge in [-0.1, -0.05) is 27.5 Å². The zero-order valence-electron chi connectivity index (χ0n) is 10.1.